The molecule has 1 amide bonds. The maximum Gasteiger partial charge on any atom is 0.244 e. The summed E-state index contributed by atoms with van der Waals surface area (Å²) in [6.45, 7) is 1.22. The highest BCUT2D eigenvalue weighted by molar-refractivity contribution is 5.91. The predicted molar refractivity (Wildman–Crippen MR) is 107 cm³/mol. The summed E-state index contributed by atoms with van der Waals surface area (Å²) in [5.74, 6) is 1.13. The maximum atomic E-state index is 11.9. The molecule has 1 aromatic carbocycles. The van der Waals surface area contributed by atoms with Gasteiger partial charge in [0.15, 0.2) is 0 Å². The Morgan fingerprint density at radius 2 is 1.75 bits per heavy atom. The molecule has 0 aliphatic heterocycles. The van der Waals surface area contributed by atoms with Crippen molar-refractivity contribution in [3.8, 4) is 11.6 Å². The highest BCUT2D eigenvalue weighted by Crippen LogP contribution is 2.10. The van der Waals surface area contributed by atoms with E-state index in [1.807, 2.05) is 54.6 Å². The third-order valence-electron chi connectivity index (χ3n) is 3.70. The minimum atomic E-state index is -0.191. The lowest BCUT2D eigenvalue weighted by Gasteiger charge is -2.08. The number of aromatic nitrogens is 2. The molecule has 0 radical (unpaired) electrons. The van der Waals surface area contributed by atoms with Crippen LogP contribution in [0.4, 0.5) is 0 Å². The number of amides is 1. The summed E-state index contributed by atoms with van der Waals surface area (Å²) in [5.41, 5.74) is 1.62. The van der Waals surface area contributed by atoms with Crippen molar-refractivity contribution in [3.05, 3.63) is 90.4 Å². The summed E-state index contributed by atoms with van der Waals surface area (Å²) >= 11 is 0. The Kier molecular flexibility index (Phi) is 7.14. The van der Waals surface area contributed by atoms with E-state index in [9.17, 15) is 4.79 Å². The number of nitrogens with zero attached hydrogens (tertiary/aromatic N) is 2. The number of nitrogens with one attached hydrogen (secondary N) is 1. The van der Waals surface area contributed by atoms with Gasteiger partial charge in [-0.1, -0.05) is 30.3 Å². The molecule has 0 saturated carbocycles. The lowest BCUT2D eigenvalue weighted by molar-refractivity contribution is -0.116. The van der Waals surface area contributed by atoms with Crippen LogP contribution in [0.15, 0.2) is 79.1 Å². The lowest BCUT2D eigenvalue weighted by Crippen LogP contribution is -2.20. The highest BCUT2D eigenvalue weighted by atomic mass is 16.5. The second-order valence-corrected chi connectivity index (χ2v) is 5.82. The molecule has 6 nitrogen and oxygen atoms in total. The first kappa shape index (κ1) is 19.1. The molecule has 0 bridgehead atoms. The van der Waals surface area contributed by atoms with E-state index < -0.39 is 0 Å². The molecule has 6 heteroatoms. The summed E-state index contributed by atoms with van der Waals surface area (Å²) in [5, 5.41) is 2.80. The van der Waals surface area contributed by atoms with E-state index in [0.717, 1.165) is 17.0 Å². The number of pyridine rings is 2. The Bertz CT molecular complexity index is 882. The fraction of sp³-hybridized carbons (Fsp3) is 0.136. The minimum absolute atomic E-state index is 0.191. The van der Waals surface area contributed by atoms with E-state index in [4.69, 9.17) is 9.47 Å². The molecular formula is C22H21N3O3. The van der Waals surface area contributed by atoms with Crippen molar-refractivity contribution < 1.29 is 14.3 Å². The van der Waals surface area contributed by atoms with Crippen molar-refractivity contribution in [2.24, 2.45) is 0 Å². The van der Waals surface area contributed by atoms with Gasteiger partial charge in [0.05, 0.1) is 5.69 Å². The Balaban J connectivity index is 1.37. The van der Waals surface area contributed by atoms with Crippen molar-refractivity contribution in [1.29, 1.82) is 0 Å². The van der Waals surface area contributed by atoms with Gasteiger partial charge in [0.1, 0.15) is 19.0 Å². The third kappa shape index (κ3) is 6.57. The maximum absolute atomic E-state index is 11.9. The van der Waals surface area contributed by atoms with Crippen LogP contribution in [-0.4, -0.2) is 29.1 Å². The topological polar surface area (TPSA) is 73.3 Å². The van der Waals surface area contributed by atoms with Crippen molar-refractivity contribution in [2.75, 3.05) is 13.2 Å². The van der Waals surface area contributed by atoms with Gasteiger partial charge in [-0.05, 0) is 35.9 Å². The van der Waals surface area contributed by atoms with Crippen LogP contribution in [0, 0.1) is 0 Å². The fourth-order valence-electron chi connectivity index (χ4n) is 2.31. The van der Waals surface area contributed by atoms with Crippen molar-refractivity contribution in [2.45, 2.75) is 6.54 Å². The average Bonchev–Trinajstić information content (AvgIpc) is 2.76. The number of hydrogen-bond acceptors (Lipinski definition) is 5. The second-order valence-electron chi connectivity index (χ2n) is 5.82. The summed E-state index contributed by atoms with van der Waals surface area (Å²) in [4.78, 5) is 20.2. The Hall–Kier alpha value is -3.67. The van der Waals surface area contributed by atoms with Crippen LogP contribution in [0.3, 0.4) is 0 Å². The SMILES string of the molecule is O=C(C=Cc1ccccn1)NCc1ccc(OCCOc2ccccc2)nc1. The van der Waals surface area contributed by atoms with Crippen molar-refractivity contribution in [3.63, 3.8) is 0 Å². The Labute approximate surface area is 163 Å². The van der Waals surface area contributed by atoms with E-state index in [1.54, 1.807) is 24.5 Å². The van der Waals surface area contributed by atoms with Gasteiger partial charge >= 0.3 is 0 Å². The van der Waals surface area contributed by atoms with Gasteiger partial charge in [-0.15, -0.1) is 0 Å². The molecule has 28 heavy (non-hydrogen) atoms. The van der Waals surface area contributed by atoms with Crippen LogP contribution in [-0.2, 0) is 11.3 Å². The quantitative estimate of drug-likeness (QED) is 0.459. The van der Waals surface area contributed by atoms with E-state index in [-0.39, 0.29) is 5.91 Å². The zero-order valence-electron chi connectivity index (χ0n) is 15.3. The van der Waals surface area contributed by atoms with Crippen LogP contribution < -0.4 is 14.8 Å². The molecule has 3 aromatic rings. The Morgan fingerprint density at radius 1 is 0.929 bits per heavy atom. The molecule has 0 fully saturated rings. The van der Waals surface area contributed by atoms with Gasteiger partial charge in [0, 0.05) is 31.1 Å². The number of ether oxygens (including phenoxy) is 2. The predicted octanol–water partition coefficient (Wildman–Crippen LogP) is 3.26. The molecule has 2 aromatic heterocycles. The molecule has 0 unspecified atom stereocenters. The first-order valence-corrected chi connectivity index (χ1v) is 8.92. The normalized spacial score (nSPS) is 10.6. The number of hydrogen-bond donors (Lipinski definition) is 1. The van der Waals surface area contributed by atoms with Gasteiger partial charge in [0.2, 0.25) is 11.8 Å². The molecule has 0 atom stereocenters. The first-order valence-electron chi connectivity index (χ1n) is 8.92. The summed E-state index contributed by atoms with van der Waals surface area (Å²) < 4.78 is 11.1. The summed E-state index contributed by atoms with van der Waals surface area (Å²) in [6, 6.07) is 18.7. The molecular weight excluding hydrogens is 354 g/mol. The molecule has 1 N–H and O–H groups in total. The molecule has 2 heterocycles. The molecule has 0 aliphatic rings. The van der Waals surface area contributed by atoms with Crippen molar-refractivity contribution in [1.82, 2.24) is 15.3 Å². The lowest BCUT2D eigenvalue weighted by atomic mass is 10.3. The van der Waals surface area contributed by atoms with Gasteiger partial charge in [-0.25, -0.2) is 4.98 Å². The molecule has 3 rings (SSSR count). The first-order chi connectivity index (χ1) is 13.8. The van der Waals surface area contributed by atoms with Crippen molar-refractivity contribution >= 4 is 12.0 Å². The van der Waals surface area contributed by atoms with Crippen LogP contribution in [0.1, 0.15) is 11.3 Å². The van der Waals surface area contributed by atoms with E-state index >= 15 is 0 Å². The zero-order chi connectivity index (χ0) is 19.4. The van der Waals surface area contributed by atoms with Crippen LogP contribution in [0.5, 0.6) is 11.6 Å². The van der Waals surface area contributed by atoms with Crippen LogP contribution in [0.2, 0.25) is 0 Å². The van der Waals surface area contributed by atoms with E-state index in [1.165, 1.54) is 6.08 Å². The zero-order valence-corrected chi connectivity index (χ0v) is 15.3. The van der Waals surface area contributed by atoms with Gasteiger partial charge in [0.25, 0.3) is 0 Å². The number of carbonyl (C=O) groups excluding carboxylic acids is 1. The van der Waals surface area contributed by atoms with E-state index in [0.29, 0.717) is 25.6 Å². The highest BCUT2D eigenvalue weighted by Gasteiger charge is 2.00. The number of para-hydroxylation sites is 1. The fourth-order valence-corrected chi connectivity index (χ4v) is 2.31. The standard InChI is InChI=1S/C22H21N3O3/c26-21(11-10-19-6-4-5-13-23-19)24-16-18-9-12-22(25-17-18)28-15-14-27-20-7-2-1-3-8-20/h1-13,17H,14-16H2,(H,24,26). The number of rotatable bonds is 9. The third-order valence-corrected chi connectivity index (χ3v) is 3.70. The smallest absolute Gasteiger partial charge is 0.244 e. The summed E-state index contributed by atoms with van der Waals surface area (Å²) in [6.07, 6.45) is 6.48. The van der Waals surface area contributed by atoms with Crippen LogP contribution >= 0.6 is 0 Å². The van der Waals surface area contributed by atoms with Gasteiger partial charge in [-0.2, -0.15) is 0 Å². The summed E-state index contributed by atoms with van der Waals surface area (Å²) in [7, 11) is 0. The minimum Gasteiger partial charge on any atom is -0.490 e. The van der Waals surface area contributed by atoms with Gasteiger partial charge < -0.3 is 14.8 Å². The molecule has 142 valence electrons. The number of carbonyl (C=O) groups is 1. The monoisotopic (exact) mass is 375 g/mol. The van der Waals surface area contributed by atoms with Gasteiger partial charge in [-0.3, -0.25) is 9.78 Å². The molecule has 0 aliphatic carbocycles. The Morgan fingerprint density at radius 3 is 2.50 bits per heavy atom. The van der Waals surface area contributed by atoms with Crippen LogP contribution in [0.25, 0.3) is 6.08 Å². The van der Waals surface area contributed by atoms with E-state index in [2.05, 4.69) is 15.3 Å². The average molecular weight is 375 g/mol. The number of benzene rings is 1. The molecule has 0 saturated heterocycles. The second kappa shape index (κ2) is 10.5. The largest absolute Gasteiger partial charge is 0.490 e. The molecule has 0 spiro atoms.